The molecule has 1 unspecified atom stereocenters. The van der Waals surface area contributed by atoms with Crippen molar-refractivity contribution >= 4 is 21.6 Å². The SMILES string of the molecule is Cc1ccc(NS(=O)(=O)c2cc(C(=O)NC(C)c3ccccc3)ccc2C)c(C)c1. The summed E-state index contributed by atoms with van der Waals surface area (Å²) in [6, 6.07) is 19.6. The van der Waals surface area contributed by atoms with Gasteiger partial charge in [-0.1, -0.05) is 54.1 Å². The molecule has 1 amide bonds. The van der Waals surface area contributed by atoms with Gasteiger partial charge in [-0.25, -0.2) is 8.42 Å². The molecule has 0 aliphatic heterocycles. The second-order valence-electron chi connectivity index (χ2n) is 7.51. The average molecular weight is 423 g/mol. The molecule has 6 heteroatoms. The van der Waals surface area contributed by atoms with Gasteiger partial charge in [-0.15, -0.1) is 0 Å². The van der Waals surface area contributed by atoms with Crippen molar-refractivity contribution in [2.24, 2.45) is 0 Å². The first kappa shape index (κ1) is 21.6. The zero-order valence-corrected chi connectivity index (χ0v) is 18.4. The Morgan fingerprint density at radius 2 is 1.57 bits per heavy atom. The third-order valence-electron chi connectivity index (χ3n) is 5.01. The van der Waals surface area contributed by atoms with Crippen molar-refractivity contribution in [3.05, 3.63) is 94.5 Å². The van der Waals surface area contributed by atoms with Crippen LogP contribution in [0, 0.1) is 20.8 Å². The smallest absolute Gasteiger partial charge is 0.262 e. The van der Waals surface area contributed by atoms with Crippen molar-refractivity contribution in [2.45, 2.75) is 38.6 Å². The fourth-order valence-corrected chi connectivity index (χ4v) is 4.67. The summed E-state index contributed by atoms with van der Waals surface area (Å²) >= 11 is 0. The minimum absolute atomic E-state index is 0.0856. The number of aryl methyl sites for hydroxylation is 3. The Kier molecular flexibility index (Phi) is 6.27. The monoisotopic (exact) mass is 422 g/mol. The number of hydrogen-bond acceptors (Lipinski definition) is 3. The Bertz CT molecular complexity index is 1170. The molecule has 3 rings (SSSR count). The number of anilines is 1. The second kappa shape index (κ2) is 8.71. The lowest BCUT2D eigenvalue weighted by Crippen LogP contribution is -2.27. The van der Waals surface area contributed by atoms with E-state index in [1.807, 2.05) is 63.2 Å². The minimum atomic E-state index is -3.85. The maximum Gasteiger partial charge on any atom is 0.262 e. The first-order chi connectivity index (χ1) is 14.2. The molecule has 0 heterocycles. The van der Waals surface area contributed by atoms with Crippen LogP contribution in [0.4, 0.5) is 5.69 Å². The van der Waals surface area contributed by atoms with Crippen LogP contribution in [-0.4, -0.2) is 14.3 Å². The molecule has 0 aliphatic carbocycles. The fraction of sp³-hybridized carbons (Fsp3) is 0.208. The predicted molar refractivity (Wildman–Crippen MR) is 120 cm³/mol. The van der Waals surface area contributed by atoms with E-state index in [4.69, 9.17) is 0 Å². The molecule has 3 aromatic carbocycles. The summed E-state index contributed by atoms with van der Waals surface area (Å²) in [7, 11) is -3.85. The largest absolute Gasteiger partial charge is 0.346 e. The molecule has 0 bridgehead atoms. The van der Waals surface area contributed by atoms with E-state index in [1.54, 1.807) is 25.1 Å². The summed E-state index contributed by atoms with van der Waals surface area (Å²) in [5, 5.41) is 2.92. The van der Waals surface area contributed by atoms with E-state index >= 15 is 0 Å². The van der Waals surface area contributed by atoms with Crippen molar-refractivity contribution < 1.29 is 13.2 Å². The quantitative estimate of drug-likeness (QED) is 0.593. The summed E-state index contributed by atoms with van der Waals surface area (Å²) < 4.78 is 28.7. The van der Waals surface area contributed by atoms with Gasteiger partial charge < -0.3 is 5.32 Å². The van der Waals surface area contributed by atoms with Crippen LogP contribution >= 0.6 is 0 Å². The van der Waals surface area contributed by atoms with Crippen molar-refractivity contribution in [3.63, 3.8) is 0 Å². The lowest BCUT2D eigenvalue weighted by Gasteiger charge is -2.16. The van der Waals surface area contributed by atoms with Crippen LogP contribution < -0.4 is 10.0 Å². The summed E-state index contributed by atoms with van der Waals surface area (Å²) in [4.78, 5) is 12.8. The maximum absolute atomic E-state index is 13.0. The zero-order valence-electron chi connectivity index (χ0n) is 17.6. The summed E-state index contributed by atoms with van der Waals surface area (Å²) in [6.07, 6.45) is 0. The highest BCUT2D eigenvalue weighted by Crippen LogP contribution is 2.24. The van der Waals surface area contributed by atoms with Crippen LogP contribution in [0.2, 0.25) is 0 Å². The first-order valence-electron chi connectivity index (χ1n) is 9.74. The van der Waals surface area contributed by atoms with E-state index in [1.165, 1.54) is 6.07 Å². The molecule has 30 heavy (non-hydrogen) atoms. The van der Waals surface area contributed by atoms with Crippen LogP contribution in [0.5, 0.6) is 0 Å². The van der Waals surface area contributed by atoms with Gasteiger partial charge >= 0.3 is 0 Å². The van der Waals surface area contributed by atoms with Crippen LogP contribution in [0.3, 0.4) is 0 Å². The average Bonchev–Trinajstić information content (AvgIpc) is 2.71. The van der Waals surface area contributed by atoms with Gasteiger partial charge in [0.1, 0.15) is 0 Å². The molecule has 5 nitrogen and oxygen atoms in total. The summed E-state index contributed by atoms with van der Waals surface area (Å²) in [5.41, 5.74) is 4.25. The van der Waals surface area contributed by atoms with E-state index in [9.17, 15) is 13.2 Å². The van der Waals surface area contributed by atoms with Gasteiger partial charge in [0.25, 0.3) is 15.9 Å². The molecular weight excluding hydrogens is 396 g/mol. The van der Waals surface area contributed by atoms with Gasteiger partial charge in [0.05, 0.1) is 16.6 Å². The number of carbonyl (C=O) groups excluding carboxylic acids is 1. The second-order valence-corrected chi connectivity index (χ2v) is 9.16. The lowest BCUT2D eigenvalue weighted by molar-refractivity contribution is 0.0939. The number of rotatable bonds is 6. The van der Waals surface area contributed by atoms with Gasteiger partial charge in [0, 0.05) is 5.56 Å². The van der Waals surface area contributed by atoms with E-state index < -0.39 is 10.0 Å². The molecule has 0 spiro atoms. The van der Waals surface area contributed by atoms with Crippen molar-refractivity contribution in [2.75, 3.05) is 4.72 Å². The van der Waals surface area contributed by atoms with Crippen molar-refractivity contribution in [1.29, 1.82) is 0 Å². The van der Waals surface area contributed by atoms with Crippen LogP contribution in [-0.2, 0) is 10.0 Å². The van der Waals surface area contributed by atoms with Gasteiger partial charge in [0.15, 0.2) is 0 Å². The van der Waals surface area contributed by atoms with Gasteiger partial charge in [-0.3, -0.25) is 9.52 Å². The van der Waals surface area contributed by atoms with Crippen LogP contribution in [0.1, 0.15) is 45.6 Å². The Morgan fingerprint density at radius 1 is 0.867 bits per heavy atom. The van der Waals surface area contributed by atoms with Gasteiger partial charge in [0.2, 0.25) is 0 Å². The van der Waals surface area contributed by atoms with Gasteiger partial charge in [-0.05, 0) is 62.6 Å². The molecule has 0 saturated heterocycles. The molecule has 0 aromatic heterocycles. The highest BCUT2D eigenvalue weighted by molar-refractivity contribution is 7.92. The molecule has 0 aliphatic rings. The molecule has 2 N–H and O–H groups in total. The van der Waals surface area contributed by atoms with E-state index in [2.05, 4.69) is 10.0 Å². The molecule has 3 aromatic rings. The Labute approximate surface area is 178 Å². The number of hydrogen-bond donors (Lipinski definition) is 2. The highest BCUT2D eigenvalue weighted by atomic mass is 32.2. The third-order valence-corrected chi connectivity index (χ3v) is 6.52. The Balaban J connectivity index is 1.86. The Morgan fingerprint density at radius 3 is 2.23 bits per heavy atom. The van der Waals surface area contributed by atoms with Crippen molar-refractivity contribution in [3.8, 4) is 0 Å². The number of nitrogens with one attached hydrogen (secondary N) is 2. The topological polar surface area (TPSA) is 75.3 Å². The van der Waals surface area contributed by atoms with Crippen LogP contribution in [0.25, 0.3) is 0 Å². The van der Waals surface area contributed by atoms with E-state index in [-0.39, 0.29) is 16.8 Å². The number of benzene rings is 3. The standard InChI is InChI=1S/C24H26N2O3S/c1-16-10-13-22(18(3)14-16)26-30(28,29)23-15-21(12-11-17(23)2)24(27)25-19(4)20-8-6-5-7-9-20/h5-15,19,26H,1-4H3,(H,25,27). The molecule has 0 fully saturated rings. The highest BCUT2D eigenvalue weighted by Gasteiger charge is 2.21. The minimum Gasteiger partial charge on any atom is -0.346 e. The lowest BCUT2D eigenvalue weighted by atomic mass is 10.1. The van der Waals surface area contributed by atoms with E-state index in [0.717, 1.165) is 16.7 Å². The third kappa shape index (κ3) is 4.89. The van der Waals surface area contributed by atoms with Crippen LogP contribution in [0.15, 0.2) is 71.6 Å². The summed E-state index contributed by atoms with van der Waals surface area (Å²) in [5.74, 6) is -0.325. The molecule has 156 valence electrons. The Hall–Kier alpha value is -3.12. The number of carbonyl (C=O) groups is 1. The number of amides is 1. The van der Waals surface area contributed by atoms with Gasteiger partial charge in [-0.2, -0.15) is 0 Å². The fourth-order valence-electron chi connectivity index (χ4n) is 3.26. The predicted octanol–water partition coefficient (Wildman–Crippen LogP) is 4.90. The first-order valence-corrected chi connectivity index (χ1v) is 11.2. The molecule has 1 atom stereocenters. The molecule has 0 radical (unpaired) electrons. The number of sulfonamides is 1. The molecular formula is C24H26N2O3S. The summed E-state index contributed by atoms with van der Waals surface area (Å²) in [6.45, 7) is 7.41. The molecule has 0 saturated carbocycles. The normalized spacial score (nSPS) is 12.3. The van der Waals surface area contributed by atoms with Crippen molar-refractivity contribution in [1.82, 2.24) is 5.32 Å². The van der Waals surface area contributed by atoms with E-state index in [0.29, 0.717) is 16.8 Å². The maximum atomic E-state index is 13.0. The zero-order chi connectivity index (χ0) is 21.9.